The van der Waals surface area contributed by atoms with Crippen LogP contribution in [0.2, 0.25) is 6.32 Å². The molecule has 0 unspecified atom stereocenters. The Hall–Kier alpha value is -1.08. The summed E-state index contributed by atoms with van der Waals surface area (Å²) in [6.07, 6.45) is 5.46. The topological polar surface area (TPSA) is 84.9 Å². The summed E-state index contributed by atoms with van der Waals surface area (Å²) < 4.78 is 12.0. The van der Waals surface area contributed by atoms with Gasteiger partial charge < -0.3 is 19.7 Å². The average molecular weight is 367 g/mol. The van der Waals surface area contributed by atoms with Crippen LogP contribution >= 0.6 is 0 Å². The standard InChI is InChI=1S/C19H34BNO5/c1-6-15(22)21-14-9-11-19(13-14,16(23)24)10-7-8-12-20-25-17(2,3)18(4,5)26-20/h14H,6-13H2,1-5H3,(H,21,22)(H,23,24)/t14-,19+/m0/s1. The van der Waals surface area contributed by atoms with Gasteiger partial charge in [0.15, 0.2) is 0 Å². The Labute approximate surface area is 157 Å². The SMILES string of the molecule is CCC(=O)N[C@H]1CC[C@@](CCCCB2OC(C)(C)C(C)(C)O2)(C(=O)O)C1. The van der Waals surface area contributed by atoms with Crippen molar-refractivity contribution < 1.29 is 24.0 Å². The van der Waals surface area contributed by atoms with E-state index in [9.17, 15) is 14.7 Å². The second-order valence-corrected chi connectivity index (χ2v) is 8.88. The predicted molar refractivity (Wildman–Crippen MR) is 101 cm³/mol. The molecular weight excluding hydrogens is 333 g/mol. The first kappa shape index (κ1) is 21.2. The molecule has 2 fully saturated rings. The van der Waals surface area contributed by atoms with Crippen molar-refractivity contribution >= 4 is 19.0 Å². The first-order valence-electron chi connectivity index (χ1n) is 9.90. The van der Waals surface area contributed by atoms with E-state index in [1.165, 1.54) is 0 Å². The lowest BCUT2D eigenvalue weighted by Gasteiger charge is -2.32. The summed E-state index contributed by atoms with van der Waals surface area (Å²) in [6.45, 7) is 9.96. The number of rotatable bonds is 8. The fourth-order valence-corrected chi connectivity index (χ4v) is 3.96. The molecule has 2 atom stereocenters. The Balaban J connectivity index is 1.80. The third-order valence-electron chi connectivity index (χ3n) is 6.40. The van der Waals surface area contributed by atoms with Crippen LogP contribution in [0, 0.1) is 5.41 Å². The zero-order valence-electron chi connectivity index (χ0n) is 16.9. The molecule has 1 saturated heterocycles. The minimum atomic E-state index is -0.735. The lowest BCUT2D eigenvalue weighted by molar-refractivity contribution is -0.149. The number of unbranched alkanes of at least 4 members (excludes halogenated alkanes) is 1. The van der Waals surface area contributed by atoms with Crippen molar-refractivity contribution in [2.24, 2.45) is 5.41 Å². The molecule has 0 aromatic carbocycles. The highest BCUT2D eigenvalue weighted by atomic mass is 16.7. The quantitative estimate of drug-likeness (QED) is 0.507. The van der Waals surface area contributed by atoms with Crippen LogP contribution < -0.4 is 5.32 Å². The van der Waals surface area contributed by atoms with Gasteiger partial charge in [0.1, 0.15) is 0 Å². The van der Waals surface area contributed by atoms with Gasteiger partial charge in [-0.15, -0.1) is 0 Å². The van der Waals surface area contributed by atoms with E-state index in [1.807, 2.05) is 34.6 Å². The van der Waals surface area contributed by atoms with Gasteiger partial charge in [0, 0.05) is 12.5 Å². The van der Waals surface area contributed by atoms with E-state index in [0.29, 0.717) is 25.7 Å². The molecule has 0 aromatic heterocycles. The molecule has 0 bridgehead atoms. The van der Waals surface area contributed by atoms with Crippen LogP contribution in [-0.2, 0) is 18.9 Å². The Morgan fingerprint density at radius 3 is 2.31 bits per heavy atom. The molecular formula is C19H34BNO5. The normalized spacial score (nSPS) is 29.7. The molecule has 2 rings (SSSR count). The molecule has 1 aliphatic heterocycles. The van der Waals surface area contributed by atoms with E-state index in [-0.39, 0.29) is 30.3 Å². The average Bonchev–Trinajstić information content (AvgIpc) is 3.03. The minimum absolute atomic E-state index is 0.00283. The van der Waals surface area contributed by atoms with Gasteiger partial charge in [-0.05, 0) is 59.7 Å². The number of carboxylic acid groups (broad SMARTS) is 1. The number of carbonyl (C=O) groups is 2. The maximum absolute atomic E-state index is 11.9. The monoisotopic (exact) mass is 367 g/mol. The summed E-state index contributed by atoms with van der Waals surface area (Å²) in [7, 11) is -0.221. The smallest absolute Gasteiger partial charge is 0.457 e. The first-order chi connectivity index (χ1) is 12.0. The number of nitrogens with one attached hydrogen (secondary N) is 1. The van der Waals surface area contributed by atoms with Gasteiger partial charge in [0.05, 0.1) is 16.6 Å². The van der Waals surface area contributed by atoms with Crippen LogP contribution in [0.3, 0.4) is 0 Å². The second-order valence-electron chi connectivity index (χ2n) is 8.88. The third-order valence-corrected chi connectivity index (χ3v) is 6.40. The number of carbonyl (C=O) groups excluding carboxylic acids is 1. The van der Waals surface area contributed by atoms with Crippen molar-refractivity contribution in [3.05, 3.63) is 0 Å². The van der Waals surface area contributed by atoms with Crippen LogP contribution in [0.4, 0.5) is 0 Å². The third kappa shape index (κ3) is 4.60. The Kier molecular flexibility index (Phi) is 6.44. The van der Waals surface area contributed by atoms with Crippen LogP contribution in [0.25, 0.3) is 0 Å². The zero-order chi connectivity index (χ0) is 19.6. The molecule has 26 heavy (non-hydrogen) atoms. The van der Waals surface area contributed by atoms with E-state index < -0.39 is 11.4 Å². The van der Waals surface area contributed by atoms with Crippen molar-refractivity contribution in [3.8, 4) is 0 Å². The van der Waals surface area contributed by atoms with Crippen molar-refractivity contribution in [3.63, 3.8) is 0 Å². The molecule has 0 spiro atoms. The molecule has 6 nitrogen and oxygen atoms in total. The fourth-order valence-electron chi connectivity index (χ4n) is 3.96. The van der Waals surface area contributed by atoms with E-state index in [4.69, 9.17) is 9.31 Å². The summed E-state index contributed by atoms with van der Waals surface area (Å²) in [5.74, 6) is -0.738. The molecule has 148 valence electrons. The Bertz CT molecular complexity index is 520. The number of carboxylic acids is 1. The summed E-state index contributed by atoms with van der Waals surface area (Å²) in [5.41, 5.74) is -1.35. The van der Waals surface area contributed by atoms with Crippen LogP contribution in [0.15, 0.2) is 0 Å². The molecule has 0 radical (unpaired) electrons. The lowest BCUT2D eigenvalue weighted by atomic mass is 9.77. The maximum Gasteiger partial charge on any atom is 0.457 e. The highest BCUT2D eigenvalue weighted by molar-refractivity contribution is 6.45. The molecule has 1 amide bonds. The van der Waals surface area contributed by atoms with Crippen molar-refractivity contribution in [2.75, 3.05) is 0 Å². The summed E-state index contributed by atoms with van der Waals surface area (Å²) in [5, 5.41) is 12.7. The maximum atomic E-state index is 11.9. The van der Waals surface area contributed by atoms with Crippen molar-refractivity contribution in [1.82, 2.24) is 5.32 Å². The number of hydrogen-bond acceptors (Lipinski definition) is 4. The minimum Gasteiger partial charge on any atom is -0.481 e. The van der Waals surface area contributed by atoms with E-state index >= 15 is 0 Å². The molecule has 2 aliphatic rings. The Morgan fingerprint density at radius 1 is 1.15 bits per heavy atom. The highest BCUT2D eigenvalue weighted by Crippen LogP contribution is 2.43. The van der Waals surface area contributed by atoms with Gasteiger partial charge in [-0.3, -0.25) is 9.59 Å². The van der Waals surface area contributed by atoms with E-state index in [2.05, 4.69) is 5.32 Å². The number of amides is 1. The highest BCUT2D eigenvalue weighted by Gasteiger charge is 2.50. The predicted octanol–water partition coefficient (Wildman–Crippen LogP) is 3.40. The summed E-state index contributed by atoms with van der Waals surface area (Å²) >= 11 is 0. The van der Waals surface area contributed by atoms with Gasteiger partial charge in [-0.2, -0.15) is 0 Å². The van der Waals surface area contributed by atoms with Crippen LogP contribution in [0.5, 0.6) is 0 Å². The van der Waals surface area contributed by atoms with Crippen LogP contribution in [0.1, 0.15) is 79.6 Å². The summed E-state index contributed by atoms with van der Waals surface area (Å²) in [6, 6.07) is -0.0124. The zero-order valence-corrected chi connectivity index (χ0v) is 16.9. The summed E-state index contributed by atoms with van der Waals surface area (Å²) in [4.78, 5) is 23.5. The lowest BCUT2D eigenvalue weighted by Crippen LogP contribution is -2.41. The molecule has 7 heteroatoms. The van der Waals surface area contributed by atoms with Gasteiger partial charge in [-0.1, -0.05) is 19.8 Å². The van der Waals surface area contributed by atoms with Crippen LogP contribution in [-0.4, -0.2) is 41.3 Å². The molecule has 0 aromatic rings. The fraction of sp³-hybridized carbons (Fsp3) is 0.895. The van der Waals surface area contributed by atoms with Gasteiger partial charge >= 0.3 is 13.1 Å². The van der Waals surface area contributed by atoms with Crippen molar-refractivity contribution in [1.29, 1.82) is 0 Å². The largest absolute Gasteiger partial charge is 0.481 e. The van der Waals surface area contributed by atoms with E-state index in [0.717, 1.165) is 25.6 Å². The molecule has 1 heterocycles. The van der Waals surface area contributed by atoms with Gasteiger partial charge in [0.25, 0.3) is 0 Å². The Morgan fingerprint density at radius 2 is 1.77 bits per heavy atom. The van der Waals surface area contributed by atoms with Gasteiger partial charge in [0.2, 0.25) is 5.91 Å². The molecule has 1 aliphatic carbocycles. The molecule has 2 N–H and O–H groups in total. The van der Waals surface area contributed by atoms with Crippen molar-refractivity contribution in [2.45, 2.75) is 103 Å². The second kappa shape index (κ2) is 7.89. The number of aliphatic carboxylic acids is 1. The van der Waals surface area contributed by atoms with E-state index in [1.54, 1.807) is 0 Å². The first-order valence-corrected chi connectivity index (χ1v) is 9.90. The van der Waals surface area contributed by atoms with Gasteiger partial charge in [-0.25, -0.2) is 0 Å². The molecule has 1 saturated carbocycles. The number of hydrogen-bond donors (Lipinski definition) is 2.